The minimum atomic E-state index is -0.391. The Kier molecular flexibility index (Phi) is 4.29. The number of para-hydroxylation sites is 1. The summed E-state index contributed by atoms with van der Waals surface area (Å²) < 4.78 is 6.83. The maximum Gasteiger partial charge on any atom is 0.261 e. The average Bonchev–Trinajstić information content (AvgIpc) is 3.09. The van der Waals surface area contributed by atoms with E-state index in [1.165, 1.54) is 7.11 Å². The van der Waals surface area contributed by atoms with Crippen molar-refractivity contribution in [3.8, 4) is 5.75 Å². The lowest BCUT2D eigenvalue weighted by Gasteiger charge is -2.23. The van der Waals surface area contributed by atoms with Crippen molar-refractivity contribution in [2.75, 3.05) is 17.7 Å². The molecule has 4 rings (SSSR count). The lowest BCUT2D eigenvalue weighted by atomic mass is 10.0. The molecule has 0 unspecified atom stereocenters. The van der Waals surface area contributed by atoms with Crippen LogP contribution in [0, 0.1) is 0 Å². The number of hydrogen-bond donors (Lipinski definition) is 2. The zero-order valence-electron chi connectivity index (χ0n) is 14.5. The van der Waals surface area contributed by atoms with Gasteiger partial charge in [0, 0.05) is 0 Å². The van der Waals surface area contributed by atoms with Crippen molar-refractivity contribution in [2.24, 2.45) is 0 Å². The Labute approximate surface area is 155 Å². The smallest absolute Gasteiger partial charge is 0.261 e. The van der Waals surface area contributed by atoms with Gasteiger partial charge >= 0.3 is 0 Å². The van der Waals surface area contributed by atoms with E-state index in [9.17, 15) is 9.59 Å². The highest BCUT2D eigenvalue weighted by Crippen LogP contribution is 2.29. The molecule has 2 aromatic carbocycles. The number of benzene rings is 2. The van der Waals surface area contributed by atoms with Crippen LogP contribution in [0.1, 0.15) is 28.4 Å². The predicted molar refractivity (Wildman–Crippen MR) is 98.8 cm³/mol. The first-order chi connectivity index (χ1) is 13.2. The number of hydrogen-bond acceptors (Lipinski definition) is 5. The number of nitrogens with zero attached hydrogens (tertiary/aromatic N) is 3. The van der Waals surface area contributed by atoms with Crippen LogP contribution in [-0.4, -0.2) is 33.7 Å². The molecule has 8 heteroatoms. The zero-order valence-corrected chi connectivity index (χ0v) is 14.5. The molecule has 27 heavy (non-hydrogen) atoms. The second kappa shape index (κ2) is 6.91. The molecule has 1 aliphatic rings. The average molecular weight is 363 g/mol. The molecule has 3 aromatic rings. The zero-order chi connectivity index (χ0) is 18.8. The van der Waals surface area contributed by atoms with Crippen molar-refractivity contribution in [1.29, 1.82) is 0 Å². The highest BCUT2D eigenvalue weighted by molar-refractivity contribution is 6.05. The fourth-order valence-electron chi connectivity index (χ4n) is 3.05. The second-order valence-electron chi connectivity index (χ2n) is 6.04. The summed E-state index contributed by atoms with van der Waals surface area (Å²) in [4.78, 5) is 28.8. The van der Waals surface area contributed by atoms with E-state index >= 15 is 0 Å². The summed E-state index contributed by atoms with van der Waals surface area (Å²) >= 11 is 0. The molecular formula is C19H17N5O3. The SMILES string of the molecule is COc1ccccc1C(=O)Nc1nc2n(n1)[C@@H](c1ccccc1)CC(=O)N2. The van der Waals surface area contributed by atoms with Crippen LogP contribution in [0.4, 0.5) is 11.9 Å². The fourth-order valence-corrected chi connectivity index (χ4v) is 3.05. The van der Waals surface area contributed by atoms with Crippen LogP contribution >= 0.6 is 0 Å². The minimum absolute atomic E-state index is 0.115. The van der Waals surface area contributed by atoms with Gasteiger partial charge in [-0.3, -0.25) is 20.2 Å². The quantitative estimate of drug-likeness (QED) is 0.742. The number of ether oxygens (including phenoxy) is 1. The summed E-state index contributed by atoms with van der Waals surface area (Å²) in [6.07, 6.45) is 0.250. The Balaban J connectivity index is 1.63. The largest absolute Gasteiger partial charge is 0.496 e. The van der Waals surface area contributed by atoms with Gasteiger partial charge in [-0.2, -0.15) is 4.98 Å². The Morgan fingerprint density at radius 1 is 1.19 bits per heavy atom. The molecule has 2 amide bonds. The third kappa shape index (κ3) is 3.24. The molecule has 136 valence electrons. The van der Waals surface area contributed by atoms with Crippen LogP contribution in [0.15, 0.2) is 54.6 Å². The number of carbonyl (C=O) groups is 2. The molecule has 0 aliphatic carbocycles. The molecule has 0 saturated carbocycles. The third-order valence-corrected chi connectivity index (χ3v) is 4.32. The molecule has 1 aliphatic heterocycles. The van der Waals surface area contributed by atoms with Crippen molar-refractivity contribution >= 4 is 23.7 Å². The first-order valence-corrected chi connectivity index (χ1v) is 8.41. The highest BCUT2D eigenvalue weighted by atomic mass is 16.5. The van der Waals surface area contributed by atoms with Gasteiger partial charge in [-0.1, -0.05) is 42.5 Å². The second-order valence-corrected chi connectivity index (χ2v) is 6.04. The van der Waals surface area contributed by atoms with Crippen LogP contribution in [0.3, 0.4) is 0 Å². The van der Waals surface area contributed by atoms with E-state index in [0.717, 1.165) is 5.56 Å². The first-order valence-electron chi connectivity index (χ1n) is 8.41. The number of methoxy groups -OCH3 is 1. The maximum atomic E-state index is 12.6. The van der Waals surface area contributed by atoms with Gasteiger partial charge in [-0.25, -0.2) is 4.68 Å². The van der Waals surface area contributed by atoms with Gasteiger partial charge < -0.3 is 4.74 Å². The van der Waals surface area contributed by atoms with E-state index in [0.29, 0.717) is 17.3 Å². The summed E-state index contributed by atoms with van der Waals surface area (Å²) in [6, 6.07) is 16.2. The number of fused-ring (bicyclic) bond motifs is 1. The maximum absolute atomic E-state index is 12.6. The standard InChI is InChI=1S/C19H17N5O3/c1-27-15-10-6-5-9-13(15)17(26)21-18-22-19-20-16(25)11-14(24(19)23-18)12-7-3-2-4-8-12/h2-10,14H,11H2,1H3,(H2,20,21,22,23,25,26)/t14-/m1/s1. The number of nitrogens with one attached hydrogen (secondary N) is 2. The molecule has 0 fully saturated rings. The van der Waals surface area contributed by atoms with E-state index in [-0.39, 0.29) is 24.3 Å². The topological polar surface area (TPSA) is 98.1 Å². The van der Waals surface area contributed by atoms with E-state index < -0.39 is 5.91 Å². The molecule has 1 atom stereocenters. The summed E-state index contributed by atoms with van der Waals surface area (Å²) in [5.41, 5.74) is 1.32. The van der Waals surface area contributed by atoms with Gasteiger partial charge in [0.2, 0.25) is 11.9 Å². The van der Waals surface area contributed by atoms with Gasteiger partial charge in [0.05, 0.1) is 25.1 Å². The normalized spacial score (nSPS) is 15.6. The van der Waals surface area contributed by atoms with Crippen molar-refractivity contribution < 1.29 is 14.3 Å². The van der Waals surface area contributed by atoms with Crippen molar-refractivity contribution in [3.05, 3.63) is 65.7 Å². The Hall–Kier alpha value is -3.68. The van der Waals surface area contributed by atoms with E-state index in [4.69, 9.17) is 4.74 Å². The molecular weight excluding hydrogens is 346 g/mol. The van der Waals surface area contributed by atoms with E-state index in [1.54, 1.807) is 28.9 Å². The molecule has 1 aromatic heterocycles. The highest BCUT2D eigenvalue weighted by Gasteiger charge is 2.29. The number of amides is 2. The first kappa shape index (κ1) is 16.8. The van der Waals surface area contributed by atoms with Crippen molar-refractivity contribution in [2.45, 2.75) is 12.5 Å². The fraction of sp³-hybridized carbons (Fsp3) is 0.158. The van der Waals surface area contributed by atoms with Crippen LogP contribution in [0.2, 0.25) is 0 Å². The van der Waals surface area contributed by atoms with Gasteiger partial charge in [0.1, 0.15) is 5.75 Å². The monoisotopic (exact) mass is 363 g/mol. The van der Waals surface area contributed by atoms with Gasteiger partial charge in [-0.05, 0) is 17.7 Å². The number of aromatic nitrogens is 3. The predicted octanol–water partition coefficient (Wildman–Crippen LogP) is 2.47. The number of rotatable bonds is 4. The van der Waals surface area contributed by atoms with Crippen LogP contribution in [0.25, 0.3) is 0 Å². The van der Waals surface area contributed by atoms with E-state index in [2.05, 4.69) is 20.7 Å². The molecule has 2 heterocycles. The van der Waals surface area contributed by atoms with E-state index in [1.807, 2.05) is 30.3 Å². The van der Waals surface area contributed by atoms with Gasteiger partial charge in [-0.15, -0.1) is 5.10 Å². The van der Waals surface area contributed by atoms with Gasteiger partial charge in [0.15, 0.2) is 0 Å². The minimum Gasteiger partial charge on any atom is -0.496 e. The van der Waals surface area contributed by atoms with Crippen molar-refractivity contribution in [1.82, 2.24) is 14.8 Å². The van der Waals surface area contributed by atoms with Crippen LogP contribution in [-0.2, 0) is 4.79 Å². The summed E-state index contributed by atoms with van der Waals surface area (Å²) in [5.74, 6) is 0.332. The third-order valence-electron chi connectivity index (χ3n) is 4.32. The Morgan fingerprint density at radius 3 is 2.70 bits per heavy atom. The lowest BCUT2D eigenvalue weighted by molar-refractivity contribution is -0.117. The molecule has 8 nitrogen and oxygen atoms in total. The van der Waals surface area contributed by atoms with Gasteiger partial charge in [0.25, 0.3) is 11.9 Å². The molecule has 0 spiro atoms. The summed E-state index contributed by atoms with van der Waals surface area (Å²) in [7, 11) is 1.50. The van der Waals surface area contributed by atoms with Crippen molar-refractivity contribution in [3.63, 3.8) is 0 Å². The molecule has 2 N–H and O–H groups in total. The molecule has 0 radical (unpaired) electrons. The number of anilines is 2. The Morgan fingerprint density at radius 2 is 1.93 bits per heavy atom. The number of carbonyl (C=O) groups excluding carboxylic acids is 2. The van der Waals surface area contributed by atoms with Crippen LogP contribution < -0.4 is 15.4 Å². The summed E-state index contributed by atoms with van der Waals surface area (Å²) in [6.45, 7) is 0. The molecule has 0 saturated heterocycles. The lowest BCUT2D eigenvalue weighted by Crippen LogP contribution is -2.29. The molecule has 0 bridgehead atoms. The Bertz CT molecular complexity index is 1000. The summed E-state index contributed by atoms with van der Waals surface area (Å²) in [5, 5.41) is 9.74. The van der Waals surface area contributed by atoms with Crippen LogP contribution in [0.5, 0.6) is 5.75 Å².